The lowest BCUT2D eigenvalue weighted by Crippen LogP contribution is -2.30. The van der Waals surface area contributed by atoms with Crippen LogP contribution in [0.15, 0.2) is 6.20 Å². The number of aromatic nitrogens is 2. The van der Waals surface area contributed by atoms with Gasteiger partial charge in [-0.15, -0.1) is 0 Å². The third-order valence-electron chi connectivity index (χ3n) is 4.18. The van der Waals surface area contributed by atoms with Crippen molar-refractivity contribution in [3.05, 3.63) is 17.7 Å². The first kappa shape index (κ1) is 11.7. The van der Waals surface area contributed by atoms with Crippen LogP contribution in [0.3, 0.4) is 0 Å². The number of carboxylic acids is 1. The second kappa shape index (κ2) is 4.72. The zero-order valence-electron chi connectivity index (χ0n) is 10.4. The summed E-state index contributed by atoms with van der Waals surface area (Å²) in [6.07, 6.45) is 5.52. The Bertz CT molecular complexity index is 449. The topological polar surface area (TPSA) is 67.1 Å². The van der Waals surface area contributed by atoms with Crippen LogP contribution in [0.4, 0.5) is 0 Å². The Kier molecular flexibility index (Phi) is 3.07. The quantitative estimate of drug-likeness (QED) is 0.820. The van der Waals surface area contributed by atoms with Crippen LogP contribution >= 0.6 is 0 Å². The molecule has 0 radical (unpaired) electrons. The summed E-state index contributed by atoms with van der Waals surface area (Å²) < 4.78 is 2.26. The molecular weight excluding hydrogens is 230 g/mol. The Labute approximate surface area is 106 Å². The van der Waals surface area contributed by atoms with Crippen LogP contribution in [0.2, 0.25) is 0 Å². The van der Waals surface area contributed by atoms with Gasteiger partial charge in [-0.2, -0.15) is 0 Å². The highest BCUT2D eigenvalue weighted by molar-refractivity contribution is 5.70. The van der Waals surface area contributed by atoms with Crippen molar-refractivity contribution in [3.63, 3.8) is 0 Å². The van der Waals surface area contributed by atoms with Crippen molar-refractivity contribution in [1.29, 1.82) is 0 Å². The second-order valence-corrected chi connectivity index (χ2v) is 5.31. The number of aliphatic carboxylic acids is 1. The zero-order valence-corrected chi connectivity index (χ0v) is 10.4. The average Bonchev–Trinajstić information content (AvgIpc) is 2.82. The number of hydrogen-bond acceptors (Lipinski definition) is 3. The Morgan fingerprint density at radius 2 is 2.17 bits per heavy atom. The van der Waals surface area contributed by atoms with E-state index in [2.05, 4.69) is 14.9 Å². The van der Waals surface area contributed by atoms with E-state index >= 15 is 0 Å². The molecule has 0 amide bonds. The van der Waals surface area contributed by atoms with Gasteiger partial charge in [0.25, 0.3) is 0 Å². The largest absolute Gasteiger partial charge is 0.481 e. The van der Waals surface area contributed by atoms with Crippen LogP contribution < -0.4 is 5.32 Å². The van der Waals surface area contributed by atoms with Gasteiger partial charge in [0.2, 0.25) is 0 Å². The number of carbonyl (C=O) groups is 1. The van der Waals surface area contributed by atoms with E-state index in [1.807, 2.05) is 6.20 Å². The standard InChI is InChI=1S/C13H19N3O2/c17-13(18)10-3-6-16-11(7-10)8-15-12(16)9-1-4-14-5-2-9/h8-10,14H,1-7H2,(H,17,18). The van der Waals surface area contributed by atoms with Gasteiger partial charge in [-0.1, -0.05) is 0 Å². The summed E-state index contributed by atoms with van der Waals surface area (Å²) >= 11 is 0. The molecule has 3 heterocycles. The molecule has 98 valence electrons. The van der Waals surface area contributed by atoms with Crippen molar-refractivity contribution in [3.8, 4) is 0 Å². The Morgan fingerprint density at radius 3 is 2.89 bits per heavy atom. The van der Waals surface area contributed by atoms with Crippen LogP contribution in [0.5, 0.6) is 0 Å². The van der Waals surface area contributed by atoms with Gasteiger partial charge in [-0.3, -0.25) is 4.79 Å². The maximum Gasteiger partial charge on any atom is 0.306 e. The zero-order chi connectivity index (χ0) is 12.5. The smallest absolute Gasteiger partial charge is 0.306 e. The summed E-state index contributed by atoms with van der Waals surface area (Å²) in [4.78, 5) is 15.6. The van der Waals surface area contributed by atoms with Crippen LogP contribution in [0.1, 0.15) is 36.7 Å². The molecule has 0 aliphatic carbocycles. The third kappa shape index (κ3) is 2.03. The Balaban J connectivity index is 1.81. The number of piperidine rings is 1. The van der Waals surface area contributed by atoms with Gasteiger partial charge in [0.15, 0.2) is 0 Å². The van der Waals surface area contributed by atoms with Crippen LogP contribution in [0.25, 0.3) is 0 Å². The number of carboxylic acid groups (broad SMARTS) is 1. The molecule has 2 aliphatic rings. The van der Waals surface area contributed by atoms with Crippen molar-refractivity contribution >= 4 is 5.97 Å². The third-order valence-corrected chi connectivity index (χ3v) is 4.18. The number of fused-ring (bicyclic) bond motifs is 1. The highest BCUT2D eigenvalue weighted by Crippen LogP contribution is 2.29. The number of hydrogen-bond donors (Lipinski definition) is 2. The maximum atomic E-state index is 11.0. The minimum Gasteiger partial charge on any atom is -0.481 e. The molecular formula is C13H19N3O2. The van der Waals surface area contributed by atoms with E-state index < -0.39 is 5.97 Å². The van der Waals surface area contributed by atoms with Gasteiger partial charge in [0, 0.05) is 30.8 Å². The van der Waals surface area contributed by atoms with E-state index in [4.69, 9.17) is 5.11 Å². The van der Waals surface area contributed by atoms with Crippen molar-refractivity contribution in [2.24, 2.45) is 5.92 Å². The van der Waals surface area contributed by atoms with E-state index in [1.54, 1.807) is 0 Å². The first-order valence-corrected chi connectivity index (χ1v) is 6.73. The molecule has 2 N–H and O–H groups in total. The summed E-state index contributed by atoms with van der Waals surface area (Å²) in [6, 6.07) is 0. The average molecular weight is 249 g/mol. The van der Waals surface area contributed by atoms with Crippen LogP contribution in [-0.2, 0) is 17.8 Å². The lowest BCUT2D eigenvalue weighted by Gasteiger charge is -2.26. The first-order valence-electron chi connectivity index (χ1n) is 6.73. The molecule has 0 aromatic carbocycles. The lowest BCUT2D eigenvalue weighted by atomic mass is 9.94. The SMILES string of the molecule is O=C(O)C1CCn2c(cnc2C2CCNCC2)C1. The van der Waals surface area contributed by atoms with Crippen molar-refractivity contribution in [1.82, 2.24) is 14.9 Å². The molecule has 0 saturated carbocycles. The fourth-order valence-corrected chi connectivity index (χ4v) is 3.10. The minimum atomic E-state index is -0.675. The summed E-state index contributed by atoms with van der Waals surface area (Å²) in [5.41, 5.74) is 1.10. The number of nitrogens with zero attached hydrogens (tertiary/aromatic N) is 2. The molecule has 5 heteroatoms. The van der Waals surface area contributed by atoms with E-state index in [-0.39, 0.29) is 5.92 Å². The predicted octanol–water partition coefficient (Wildman–Crippen LogP) is 0.997. The summed E-state index contributed by atoms with van der Waals surface area (Å²) in [5, 5.41) is 12.4. The Morgan fingerprint density at radius 1 is 1.39 bits per heavy atom. The number of imidazole rings is 1. The van der Waals surface area contributed by atoms with E-state index in [9.17, 15) is 4.79 Å². The molecule has 1 unspecified atom stereocenters. The van der Waals surface area contributed by atoms with Gasteiger partial charge in [0.05, 0.1) is 5.92 Å². The highest BCUT2D eigenvalue weighted by Gasteiger charge is 2.28. The molecule has 3 rings (SSSR count). The van der Waals surface area contributed by atoms with Gasteiger partial charge < -0.3 is 15.0 Å². The van der Waals surface area contributed by atoms with Gasteiger partial charge in [-0.05, 0) is 32.4 Å². The first-order chi connectivity index (χ1) is 8.75. The van der Waals surface area contributed by atoms with Crippen LogP contribution in [0, 0.1) is 5.92 Å². The minimum absolute atomic E-state index is 0.227. The van der Waals surface area contributed by atoms with Gasteiger partial charge in [0.1, 0.15) is 5.82 Å². The van der Waals surface area contributed by atoms with Crippen LogP contribution in [-0.4, -0.2) is 33.7 Å². The molecule has 1 saturated heterocycles. The molecule has 2 aliphatic heterocycles. The monoisotopic (exact) mass is 249 g/mol. The van der Waals surface area contributed by atoms with E-state index in [0.717, 1.165) is 44.6 Å². The lowest BCUT2D eigenvalue weighted by molar-refractivity contribution is -0.142. The molecule has 1 aromatic rings. The molecule has 0 spiro atoms. The number of rotatable bonds is 2. The normalized spacial score (nSPS) is 24.8. The van der Waals surface area contributed by atoms with E-state index in [1.165, 1.54) is 5.82 Å². The Hall–Kier alpha value is -1.36. The number of nitrogens with one attached hydrogen (secondary N) is 1. The molecule has 0 bridgehead atoms. The predicted molar refractivity (Wildman–Crippen MR) is 66.5 cm³/mol. The second-order valence-electron chi connectivity index (χ2n) is 5.31. The fourth-order valence-electron chi connectivity index (χ4n) is 3.10. The molecule has 1 fully saturated rings. The maximum absolute atomic E-state index is 11.0. The van der Waals surface area contributed by atoms with E-state index in [0.29, 0.717) is 12.3 Å². The van der Waals surface area contributed by atoms with Crippen molar-refractivity contribution < 1.29 is 9.90 Å². The summed E-state index contributed by atoms with van der Waals surface area (Å²) in [7, 11) is 0. The molecule has 1 aromatic heterocycles. The summed E-state index contributed by atoms with van der Waals surface area (Å²) in [6.45, 7) is 2.93. The van der Waals surface area contributed by atoms with Crippen molar-refractivity contribution in [2.75, 3.05) is 13.1 Å². The molecule has 18 heavy (non-hydrogen) atoms. The molecule has 5 nitrogen and oxygen atoms in total. The highest BCUT2D eigenvalue weighted by atomic mass is 16.4. The summed E-state index contributed by atoms with van der Waals surface area (Å²) in [5.74, 6) is 0.817. The molecule has 1 atom stereocenters. The van der Waals surface area contributed by atoms with Gasteiger partial charge in [-0.25, -0.2) is 4.98 Å². The van der Waals surface area contributed by atoms with Crippen molar-refractivity contribution in [2.45, 2.75) is 38.1 Å². The fraction of sp³-hybridized carbons (Fsp3) is 0.692. The van der Waals surface area contributed by atoms with Gasteiger partial charge >= 0.3 is 5.97 Å².